The molecule has 1 aromatic rings. The Bertz CT molecular complexity index is 367. The van der Waals surface area contributed by atoms with Gasteiger partial charge in [0.2, 0.25) is 5.91 Å². The van der Waals surface area contributed by atoms with Crippen molar-refractivity contribution < 1.29 is 9.90 Å². The molecule has 4 heteroatoms. The van der Waals surface area contributed by atoms with Crippen molar-refractivity contribution in [2.75, 3.05) is 25.0 Å². The molecule has 1 unspecified atom stereocenters. The summed E-state index contributed by atoms with van der Waals surface area (Å²) < 4.78 is 0. The van der Waals surface area contributed by atoms with Gasteiger partial charge in [-0.25, -0.2) is 0 Å². The summed E-state index contributed by atoms with van der Waals surface area (Å²) in [5, 5.41) is 11.9. The predicted molar refractivity (Wildman–Crippen MR) is 66.8 cm³/mol. The number of β-amino-alcohol motifs (C(OH)–C–C–N with tert-alkyl or cyclic N) is 1. The fourth-order valence-corrected chi connectivity index (χ4v) is 2.27. The quantitative estimate of drug-likeness (QED) is 0.819. The van der Waals surface area contributed by atoms with Crippen LogP contribution in [0.3, 0.4) is 0 Å². The number of hydrogen-bond donors (Lipinski definition) is 2. The second-order valence-corrected chi connectivity index (χ2v) is 4.27. The van der Waals surface area contributed by atoms with E-state index >= 15 is 0 Å². The molecule has 1 atom stereocenters. The van der Waals surface area contributed by atoms with E-state index in [9.17, 15) is 4.79 Å². The van der Waals surface area contributed by atoms with E-state index in [0.29, 0.717) is 6.54 Å². The lowest BCUT2D eigenvalue weighted by molar-refractivity contribution is -0.120. The van der Waals surface area contributed by atoms with Crippen LogP contribution in [0.1, 0.15) is 12.8 Å². The number of nitrogens with zero attached hydrogens (tertiary/aromatic N) is 1. The van der Waals surface area contributed by atoms with E-state index in [0.717, 1.165) is 25.1 Å². The molecule has 0 aromatic heterocycles. The number of para-hydroxylation sites is 1. The molecule has 1 saturated heterocycles. The Morgan fingerprint density at radius 2 is 2.18 bits per heavy atom. The Hall–Kier alpha value is -1.39. The van der Waals surface area contributed by atoms with E-state index in [-0.39, 0.29) is 18.6 Å². The molecule has 1 fully saturated rings. The molecule has 1 aliphatic rings. The molecule has 2 N–H and O–H groups in total. The predicted octanol–water partition coefficient (Wildman–Crippen LogP) is 1.08. The summed E-state index contributed by atoms with van der Waals surface area (Å²) in [6.07, 6.45) is 1.89. The smallest absolute Gasteiger partial charge is 0.241 e. The molecule has 4 nitrogen and oxygen atoms in total. The average Bonchev–Trinajstić information content (AvgIpc) is 2.79. The van der Waals surface area contributed by atoms with Gasteiger partial charge in [0, 0.05) is 12.2 Å². The number of nitrogens with one attached hydrogen (secondary N) is 1. The van der Waals surface area contributed by atoms with Crippen LogP contribution in [-0.2, 0) is 4.79 Å². The number of aliphatic hydroxyl groups excluding tert-OH is 1. The van der Waals surface area contributed by atoms with Gasteiger partial charge >= 0.3 is 0 Å². The summed E-state index contributed by atoms with van der Waals surface area (Å²) in [5.41, 5.74) is 0.827. The van der Waals surface area contributed by atoms with Crippen molar-refractivity contribution in [2.24, 2.45) is 0 Å². The first-order valence-corrected chi connectivity index (χ1v) is 6.02. The van der Waals surface area contributed by atoms with Gasteiger partial charge in [-0.3, -0.25) is 9.69 Å². The Labute approximate surface area is 101 Å². The van der Waals surface area contributed by atoms with Gasteiger partial charge in [0.1, 0.15) is 0 Å². The van der Waals surface area contributed by atoms with Crippen molar-refractivity contribution in [3.8, 4) is 0 Å². The van der Waals surface area contributed by atoms with E-state index in [2.05, 4.69) is 5.32 Å². The molecule has 0 aliphatic carbocycles. The first-order chi connectivity index (χ1) is 8.31. The summed E-state index contributed by atoms with van der Waals surface area (Å²) in [6.45, 7) is 1.58. The molecule has 17 heavy (non-hydrogen) atoms. The number of amides is 1. The zero-order valence-electron chi connectivity index (χ0n) is 9.80. The lowest BCUT2D eigenvalue weighted by atomic mass is 10.2. The van der Waals surface area contributed by atoms with Gasteiger partial charge < -0.3 is 10.4 Å². The van der Waals surface area contributed by atoms with Gasteiger partial charge in [0.15, 0.2) is 0 Å². The van der Waals surface area contributed by atoms with Gasteiger partial charge in [0.05, 0.1) is 12.6 Å². The van der Waals surface area contributed by atoms with Crippen molar-refractivity contribution in [3.05, 3.63) is 30.3 Å². The van der Waals surface area contributed by atoms with Crippen molar-refractivity contribution in [1.82, 2.24) is 4.90 Å². The minimum absolute atomic E-state index is 0.0298. The highest BCUT2D eigenvalue weighted by molar-refractivity contribution is 5.94. The summed E-state index contributed by atoms with van der Waals surface area (Å²) in [4.78, 5) is 14.1. The molecule has 2 rings (SSSR count). The van der Waals surface area contributed by atoms with Crippen LogP contribution >= 0.6 is 0 Å². The van der Waals surface area contributed by atoms with Crippen LogP contribution in [0.5, 0.6) is 0 Å². The number of carbonyl (C=O) groups excluding carboxylic acids is 1. The molecule has 1 heterocycles. The third-order valence-electron chi connectivity index (χ3n) is 3.09. The molecule has 0 spiro atoms. The fraction of sp³-hybridized carbons (Fsp3) is 0.462. The number of benzene rings is 1. The molecule has 92 valence electrons. The lowest BCUT2D eigenvalue weighted by Crippen LogP contribution is -2.40. The van der Waals surface area contributed by atoms with Crippen LogP contribution in [0.4, 0.5) is 5.69 Å². The third kappa shape index (κ3) is 3.05. The van der Waals surface area contributed by atoms with Crippen LogP contribution in [0, 0.1) is 0 Å². The summed E-state index contributed by atoms with van der Waals surface area (Å²) in [6, 6.07) is 9.38. The molecule has 0 bridgehead atoms. The first kappa shape index (κ1) is 12.1. The average molecular weight is 234 g/mol. The fourth-order valence-electron chi connectivity index (χ4n) is 2.27. The molecule has 0 radical (unpaired) electrons. The second kappa shape index (κ2) is 5.80. The van der Waals surface area contributed by atoms with E-state index < -0.39 is 0 Å². The molecule has 1 amide bonds. The minimum Gasteiger partial charge on any atom is -0.395 e. The molecular weight excluding hydrogens is 216 g/mol. The SMILES string of the molecule is O=C(Nc1ccccc1)C1CCCN1CCO. The number of carbonyl (C=O) groups is 1. The molecule has 1 aromatic carbocycles. The highest BCUT2D eigenvalue weighted by atomic mass is 16.3. The highest BCUT2D eigenvalue weighted by Crippen LogP contribution is 2.18. The van der Waals surface area contributed by atoms with Crippen LogP contribution < -0.4 is 5.32 Å². The van der Waals surface area contributed by atoms with Crippen LogP contribution in [0.15, 0.2) is 30.3 Å². The monoisotopic (exact) mass is 234 g/mol. The van der Waals surface area contributed by atoms with Gasteiger partial charge in [0.25, 0.3) is 0 Å². The largest absolute Gasteiger partial charge is 0.395 e. The number of anilines is 1. The van der Waals surface area contributed by atoms with Gasteiger partial charge in [-0.05, 0) is 31.5 Å². The first-order valence-electron chi connectivity index (χ1n) is 6.02. The Balaban J connectivity index is 1.95. The van der Waals surface area contributed by atoms with Crippen molar-refractivity contribution in [1.29, 1.82) is 0 Å². The van der Waals surface area contributed by atoms with Crippen molar-refractivity contribution >= 4 is 11.6 Å². The van der Waals surface area contributed by atoms with Crippen molar-refractivity contribution in [2.45, 2.75) is 18.9 Å². The van der Waals surface area contributed by atoms with Gasteiger partial charge in [-0.15, -0.1) is 0 Å². The molecular formula is C13H18N2O2. The topological polar surface area (TPSA) is 52.6 Å². The van der Waals surface area contributed by atoms with Crippen LogP contribution in [0.2, 0.25) is 0 Å². The highest BCUT2D eigenvalue weighted by Gasteiger charge is 2.29. The number of aliphatic hydroxyl groups is 1. The van der Waals surface area contributed by atoms with Gasteiger partial charge in [-0.1, -0.05) is 18.2 Å². The van der Waals surface area contributed by atoms with Crippen LogP contribution in [0.25, 0.3) is 0 Å². The zero-order chi connectivity index (χ0) is 12.1. The molecule has 0 saturated carbocycles. The minimum atomic E-state index is -0.0950. The van der Waals surface area contributed by atoms with E-state index in [4.69, 9.17) is 5.11 Å². The lowest BCUT2D eigenvalue weighted by Gasteiger charge is -2.22. The summed E-state index contributed by atoms with van der Waals surface area (Å²) in [5.74, 6) is 0.0298. The third-order valence-corrected chi connectivity index (χ3v) is 3.09. The Morgan fingerprint density at radius 3 is 2.88 bits per heavy atom. The standard InChI is InChI=1S/C13H18N2O2/c16-10-9-15-8-4-7-12(15)13(17)14-11-5-2-1-3-6-11/h1-3,5-6,12,16H,4,7-10H2,(H,14,17). The zero-order valence-corrected chi connectivity index (χ0v) is 9.80. The Morgan fingerprint density at radius 1 is 1.41 bits per heavy atom. The number of rotatable bonds is 4. The van der Waals surface area contributed by atoms with E-state index in [1.165, 1.54) is 0 Å². The number of hydrogen-bond acceptors (Lipinski definition) is 3. The maximum Gasteiger partial charge on any atom is 0.241 e. The second-order valence-electron chi connectivity index (χ2n) is 4.27. The molecule has 1 aliphatic heterocycles. The van der Waals surface area contributed by atoms with Crippen molar-refractivity contribution in [3.63, 3.8) is 0 Å². The van der Waals surface area contributed by atoms with E-state index in [1.54, 1.807) is 0 Å². The normalized spacial score (nSPS) is 20.4. The summed E-state index contributed by atoms with van der Waals surface area (Å²) in [7, 11) is 0. The van der Waals surface area contributed by atoms with E-state index in [1.807, 2.05) is 35.2 Å². The van der Waals surface area contributed by atoms with Gasteiger partial charge in [-0.2, -0.15) is 0 Å². The maximum atomic E-state index is 12.1. The van der Waals surface area contributed by atoms with Crippen LogP contribution in [-0.4, -0.2) is 41.7 Å². The number of likely N-dealkylation sites (tertiary alicyclic amines) is 1. The summed E-state index contributed by atoms with van der Waals surface area (Å²) >= 11 is 0. The maximum absolute atomic E-state index is 12.1. The Kier molecular flexibility index (Phi) is 4.12.